The topological polar surface area (TPSA) is 102 Å². The van der Waals surface area contributed by atoms with Crippen LogP contribution in [0, 0.1) is 0 Å². The Morgan fingerprint density at radius 1 is 1.36 bits per heavy atom. The number of carbonyl (C=O) groups is 2. The zero-order chi connectivity index (χ0) is 19.9. The van der Waals surface area contributed by atoms with Gasteiger partial charge in [-0.25, -0.2) is 8.42 Å². The van der Waals surface area contributed by atoms with Gasteiger partial charge in [0.15, 0.2) is 21.3 Å². The fraction of sp³-hybridized carbons (Fsp3) is 0.235. The van der Waals surface area contributed by atoms with E-state index in [-0.39, 0.29) is 29.3 Å². The van der Waals surface area contributed by atoms with Gasteiger partial charge < -0.3 is 14.8 Å². The molecule has 3 aliphatic rings. The molecule has 1 aromatic rings. The van der Waals surface area contributed by atoms with Crippen LogP contribution < -0.4 is 14.8 Å². The minimum Gasteiger partial charge on any atom is -0.454 e. The largest absolute Gasteiger partial charge is 0.454 e. The Morgan fingerprint density at radius 2 is 2.14 bits per heavy atom. The summed E-state index contributed by atoms with van der Waals surface area (Å²) in [5.74, 6) is 0.207. The number of hydrogen-bond acceptors (Lipinski definition) is 8. The number of hydrogen-bond donors (Lipinski definition) is 1. The van der Waals surface area contributed by atoms with Crippen molar-refractivity contribution in [3.05, 3.63) is 40.2 Å². The molecule has 146 valence electrons. The number of nitrogens with zero attached hydrogens (tertiary/aromatic N) is 1. The van der Waals surface area contributed by atoms with Crippen LogP contribution in [0.25, 0.3) is 6.08 Å². The van der Waals surface area contributed by atoms with E-state index < -0.39 is 21.8 Å². The molecule has 1 aromatic carbocycles. The van der Waals surface area contributed by atoms with Crippen LogP contribution in [-0.2, 0) is 19.4 Å². The van der Waals surface area contributed by atoms with Crippen molar-refractivity contribution < 1.29 is 27.5 Å². The van der Waals surface area contributed by atoms with E-state index in [2.05, 4.69) is 5.32 Å². The highest BCUT2D eigenvalue weighted by Gasteiger charge is 2.34. The maximum atomic E-state index is 12.6. The van der Waals surface area contributed by atoms with Gasteiger partial charge in [-0.15, -0.1) is 0 Å². The predicted molar refractivity (Wildman–Crippen MR) is 107 cm³/mol. The number of fused-ring (bicyclic) bond motifs is 1. The summed E-state index contributed by atoms with van der Waals surface area (Å²) in [6, 6.07) is 4.71. The molecule has 8 nitrogen and oxygen atoms in total. The van der Waals surface area contributed by atoms with Gasteiger partial charge in [0.05, 0.1) is 16.7 Å². The molecule has 11 heteroatoms. The molecule has 2 amide bonds. The standard InChI is InChI=1S/C17H14N2O6S3/c20-15(18-11-3-4-28(22,23)8-11)7-19-16(21)14(27-17(19)26)6-10-1-2-12-13(5-10)25-9-24-12/h1-6,11H,7-9H2,(H,18,20). The van der Waals surface area contributed by atoms with Gasteiger partial charge in [-0.05, 0) is 29.8 Å². The van der Waals surface area contributed by atoms with Gasteiger partial charge in [0, 0.05) is 5.41 Å². The fourth-order valence-corrected chi connectivity index (χ4v) is 5.34. The number of thiocarbonyl (C=S) groups is 1. The highest BCUT2D eigenvalue weighted by Crippen LogP contribution is 2.36. The summed E-state index contributed by atoms with van der Waals surface area (Å²) >= 11 is 6.32. The van der Waals surface area contributed by atoms with Gasteiger partial charge >= 0.3 is 0 Å². The van der Waals surface area contributed by atoms with Gasteiger partial charge in [0.2, 0.25) is 12.7 Å². The molecule has 28 heavy (non-hydrogen) atoms. The second kappa shape index (κ2) is 7.22. The maximum Gasteiger partial charge on any atom is 0.266 e. The summed E-state index contributed by atoms with van der Waals surface area (Å²) in [7, 11) is -3.27. The van der Waals surface area contributed by atoms with Gasteiger partial charge in [-0.3, -0.25) is 14.5 Å². The van der Waals surface area contributed by atoms with E-state index in [9.17, 15) is 18.0 Å². The quantitative estimate of drug-likeness (QED) is 0.550. The van der Waals surface area contributed by atoms with E-state index in [1.807, 2.05) is 0 Å². The molecule has 1 fully saturated rings. The van der Waals surface area contributed by atoms with Crippen LogP contribution >= 0.6 is 24.0 Å². The number of sulfone groups is 1. The molecular formula is C17H14N2O6S3. The van der Waals surface area contributed by atoms with Gasteiger partial charge in [-0.2, -0.15) is 0 Å². The molecule has 1 N–H and O–H groups in total. The van der Waals surface area contributed by atoms with E-state index in [1.54, 1.807) is 24.3 Å². The number of rotatable bonds is 4. The van der Waals surface area contributed by atoms with Crippen LogP contribution in [-0.4, -0.2) is 54.6 Å². The van der Waals surface area contributed by atoms with Crippen molar-refractivity contribution in [1.29, 1.82) is 0 Å². The number of benzene rings is 1. The number of ether oxygens (including phenoxy) is 2. The Bertz CT molecular complexity index is 1050. The lowest BCUT2D eigenvalue weighted by molar-refractivity contribution is -0.128. The molecule has 1 atom stereocenters. The Kier molecular flexibility index (Phi) is 4.89. The molecule has 1 unspecified atom stereocenters. The molecule has 0 saturated carbocycles. The molecule has 1 saturated heterocycles. The lowest BCUT2D eigenvalue weighted by atomic mass is 10.2. The minimum atomic E-state index is -3.27. The van der Waals surface area contributed by atoms with Crippen molar-refractivity contribution in [3.8, 4) is 11.5 Å². The SMILES string of the molecule is O=C(CN1C(=O)C(=Cc2ccc3c(c2)OCO3)SC1=S)NC1C=CS(=O)(=O)C1. The first-order valence-corrected chi connectivity index (χ1v) is 11.1. The first-order chi connectivity index (χ1) is 13.3. The Hall–Kier alpha value is -2.37. The van der Waals surface area contributed by atoms with Gasteiger partial charge in [0.1, 0.15) is 10.9 Å². The van der Waals surface area contributed by atoms with Gasteiger partial charge in [-0.1, -0.05) is 30.0 Å². The zero-order valence-corrected chi connectivity index (χ0v) is 16.7. The van der Waals surface area contributed by atoms with Crippen molar-refractivity contribution in [2.75, 3.05) is 19.1 Å². The van der Waals surface area contributed by atoms with Crippen molar-refractivity contribution in [2.45, 2.75) is 6.04 Å². The monoisotopic (exact) mass is 438 g/mol. The Balaban J connectivity index is 1.42. The number of nitrogens with one attached hydrogen (secondary N) is 1. The van der Waals surface area contributed by atoms with E-state index in [4.69, 9.17) is 21.7 Å². The smallest absolute Gasteiger partial charge is 0.266 e. The number of amides is 2. The normalized spacial score (nSPS) is 23.6. The predicted octanol–water partition coefficient (Wildman–Crippen LogP) is 1.04. The minimum absolute atomic E-state index is 0.160. The third kappa shape index (κ3) is 3.91. The molecule has 4 rings (SSSR count). The Morgan fingerprint density at radius 3 is 2.89 bits per heavy atom. The van der Waals surface area contributed by atoms with E-state index in [0.29, 0.717) is 16.4 Å². The number of carbonyl (C=O) groups excluding carboxylic acids is 2. The summed E-state index contributed by atoms with van der Waals surface area (Å²) in [6.45, 7) is -0.110. The van der Waals surface area contributed by atoms with E-state index in [0.717, 1.165) is 22.7 Å². The molecule has 3 heterocycles. The first kappa shape index (κ1) is 19.0. The van der Waals surface area contributed by atoms with Gasteiger partial charge in [0.25, 0.3) is 5.91 Å². The van der Waals surface area contributed by atoms with E-state index >= 15 is 0 Å². The highest BCUT2D eigenvalue weighted by molar-refractivity contribution is 8.26. The molecular weight excluding hydrogens is 424 g/mol. The summed E-state index contributed by atoms with van der Waals surface area (Å²) in [6.07, 6.45) is 3.09. The molecule has 0 bridgehead atoms. The van der Waals surface area contributed by atoms with Crippen molar-refractivity contribution in [2.24, 2.45) is 0 Å². The highest BCUT2D eigenvalue weighted by atomic mass is 32.2. The van der Waals surface area contributed by atoms with Crippen molar-refractivity contribution in [3.63, 3.8) is 0 Å². The van der Waals surface area contributed by atoms with Crippen LogP contribution in [0.4, 0.5) is 0 Å². The van der Waals surface area contributed by atoms with Crippen LogP contribution in [0.2, 0.25) is 0 Å². The van der Waals surface area contributed by atoms with Crippen molar-refractivity contribution >= 4 is 56.0 Å². The lowest BCUT2D eigenvalue weighted by Gasteiger charge is -2.16. The van der Waals surface area contributed by atoms with E-state index in [1.165, 1.54) is 11.0 Å². The summed E-state index contributed by atoms with van der Waals surface area (Å²) in [4.78, 5) is 26.4. The summed E-state index contributed by atoms with van der Waals surface area (Å²) < 4.78 is 33.7. The lowest BCUT2D eigenvalue weighted by Crippen LogP contribution is -2.43. The second-order valence-corrected chi connectivity index (χ2v) is 9.82. The van der Waals surface area contributed by atoms with Crippen LogP contribution in [0.3, 0.4) is 0 Å². The van der Waals surface area contributed by atoms with Crippen LogP contribution in [0.5, 0.6) is 11.5 Å². The molecule has 0 aromatic heterocycles. The third-order valence-corrected chi connectivity index (χ3v) is 6.92. The first-order valence-electron chi connectivity index (χ1n) is 8.16. The van der Waals surface area contributed by atoms with Crippen molar-refractivity contribution in [1.82, 2.24) is 10.2 Å². The maximum absolute atomic E-state index is 12.6. The number of thioether (sulfide) groups is 1. The average Bonchev–Trinajstić information content (AvgIpc) is 3.29. The summed E-state index contributed by atoms with van der Waals surface area (Å²) in [5.41, 5.74) is 0.746. The molecule has 0 radical (unpaired) electrons. The zero-order valence-electron chi connectivity index (χ0n) is 14.3. The average molecular weight is 439 g/mol. The second-order valence-electron chi connectivity index (χ2n) is 6.21. The molecule has 3 aliphatic heterocycles. The van der Waals surface area contributed by atoms with Crippen LogP contribution in [0.15, 0.2) is 34.6 Å². The summed E-state index contributed by atoms with van der Waals surface area (Å²) in [5, 5.41) is 3.65. The Labute approximate surface area is 170 Å². The molecule has 0 aliphatic carbocycles. The van der Waals surface area contributed by atoms with Crippen LogP contribution in [0.1, 0.15) is 5.56 Å². The fourth-order valence-electron chi connectivity index (χ4n) is 2.85. The molecule has 0 spiro atoms. The third-order valence-electron chi connectivity index (χ3n) is 4.15.